The molecular formula is C13H17NO4. The van der Waals surface area contributed by atoms with Gasteiger partial charge in [-0.1, -0.05) is 0 Å². The summed E-state index contributed by atoms with van der Waals surface area (Å²) in [7, 11) is 4.43. The summed E-state index contributed by atoms with van der Waals surface area (Å²) < 4.78 is 9.42. The highest BCUT2D eigenvalue weighted by molar-refractivity contribution is 5.96. The van der Waals surface area contributed by atoms with E-state index in [1.165, 1.54) is 14.2 Å². The standard InChI is InChI=1S/C13H17NO4/c1-8-10(12(15)17-4)6-7-11(13(16)18-5)9(2)14(8)3/h6-7H,1-5H3. The number of hydrogen-bond donors (Lipinski definition) is 0. The molecule has 5 nitrogen and oxygen atoms in total. The maximum absolute atomic E-state index is 11.6. The molecule has 0 aromatic heterocycles. The molecule has 0 saturated heterocycles. The van der Waals surface area contributed by atoms with Crippen molar-refractivity contribution in [3.05, 3.63) is 34.7 Å². The Balaban J connectivity index is 3.29. The van der Waals surface area contributed by atoms with Crippen molar-refractivity contribution in [1.29, 1.82) is 0 Å². The Labute approximate surface area is 106 Å². The molecule has 0 aromatic carbocycles. The molecule has 1 aliphatic heterocycles. The van der Waals surface area contributed by atoms with E-state index < -0.39 is 11.9 Å². The average Bonchev–Trinajstić information content (AvgIpc) is 2.49. The van der Waals surface area contributed by atoms with E-state index in [-0.39, 0.29) is 0 Å². The van der Waals surface area contributed by atoms with E-state index in [1.807, 2.05) is 0 Å². The third-order valence-electron chi connectivity index (χ3n) is 3.01. The van der Waals surface area contributed by atoms with Crippen LogP contribution in [0.15, 0.2) is 34.7 Å². The zero-order valence-electron chi connectivity index (χ0n) is 11.2. The van der Waals surface area contributed by atoms with Gasteiger partial charge in [0.05, 0.1) is 25.4 Å². The van der Waals surface area contributed by atoms with Crippen LogP contribution in [0.25, 0.3) is 0 Å². The molecule has 0 atom stereocenters. The van der Waals surface area contributed by atoms with Crippen LogP contribution in [0.2, 0.25) is 0 Å². The monoisotopic (exact) mass is 251 g/mol. The van der Waals surface area contributed by atoms with Crippen molar-refractivity contribution < 1.29 is 19.1 Å². The number of hydrogen-bond acceptors (Lipinski definition) is 5. The van der Waals surface area contributed by atoms with Gasteiger partial charge in [0.25, 0.3) is 0 Å². The van der Waals surface area contributed by atoms with Gasteiger partial charge in [-0.05, 0) is 26.0 Å². The molecular weight excluding hydrogens is 234 g/mol. The van der Waals surface area contributed by atoms with Gasteiger partial charge in [-0.25, -0.2) is 9.59 Å². The minimum absolute atomic E-state index is 0.415. The summed E-state index contributed by atoms with van der Waals surface area (Å²) in [6, 6.07) is 0. The van der Waals surface area contributed by atoms with Crippen LogP contribution >= 0.6 is 0 Å². The van der Waals surface area contributed by atoms with Gasteiger partial charge in [-0.15, -0.1) is 0 Å². The van der Waals surface area contributed by atoms with Crippen LogP contribution in [0.4, 0.5) is 0 Å². The van der Waals surface area contributed by atoms with Crippen LogP contribution in [-0.2, 0) is 19.1 Å². The van der Waals surface area contributed by atoms with E-state index >= 15 is 0 Å². The van der Waals surface area contributed by atoms with Crippen LogP contribution in [-0.4, -0.2) is 38.1 Å². The molecule has 5 heteroatoms. The Kier molecular flexibility index (Phi) is 4.31. The molecule has 0 aliphatic carbocycles. The molecule has 0 saturated carbocycles. The average molecular weight is 251 g/mol. The lowest BCUT2D eigenvalue weighted by molar-refractivity contribution is -0.136. The Hall–Kier alpha value is -2.04. The molecule has 0 spiro atoms. The first-order chi connectivity index (χ1) is 8.43. The number of carbonyl (C=O) groups excluding carboxylic acids is 2. The quantitative estimate of drug-likeness (QED) is 0.694. The van der Waals surface area contributed by atoms with Gasteiger partial charge in [-0.3, -0.25) is 0 Å². The molecule has 0 amide bonds. The van der Waals surface area contributed by atoms with E-state index in [0.717, 1.165) is 11.4 Å². The molecule has 0 N–H and O–H groups in total. The SMILES string of the molecule is COC(=O)C1=C(C)N(C)C(C)=C(C(=O)OC)C=C1. The molecule has 1 heterocycles. The van der Waals surface area contributed by atoms with Crippen LogP contribution in [0.5, 0.6) is 0 Å². The van der Waals surface area contributed by atoms with E-state index in [4.69, 9.17) is 9.47 Å². The number of rotatable bonds is 2. The maximum Gasteiger partial charge on any atom is 0.339 e. The van der Waals surface area contributed by atoms with Gasteiger partial charge in [0.15, 0.2) is 0 Å². The fourth-order valence-corrected chi connectivity index (χ4v) is 1.67. The van der Waals surface area contributed by atoms with Gasteiger partial charge in [0.1, 0.15) is 0 Å². The van der Waals surface area contributed by atoms with Crippen LogP contribution < -0.4 is 0 Å². The largest absolute Gasteiger partial charge is 0.465 e. The molecule has 0 aromatic rings. The highest BCUT2D eigenvalue weighted by Gasteiger charge is 2.21. The van der Waals surface area contributed by atoms with Crippen molar-refractivity contribution in [3.63, 3.8) is 0 Å². The van der Waals surface area contributed by atoms with Gasteiger partial charge < -0.3 is 14.4 Å². The van der Waals surface area contributed by atoms with Gasteiger partial charge in [0, 0.05) is 18.4 Å². The summed E-state index contributed by atoms with van der Waals surface area (Å²) in [4.78, 5) is 25.0. The number of esters is 2. The lowest BCUT2D eigenvalue weighted by Gasteiger charge is -2.22. The smallest absolute Gasteiger partial charge is 0.339 e. The molecule has 98 valence electrons. The molecule has 0 bridgehead atoms. The topological polar surface area (TPSA) is 55.8 Å². The van der Waals surface area contributed by atoms with Crippen molar-refractivity contribution in [2.45, 2.75) is 13.8 Å². The van der Waals surface area contributed by atoms with Gasteiger partial charge in [-0.2, -0.15) is 0 Å². The molecule has 18 heavy (non-hydrogen) atoms. The summed E-state index contributed by atoms with van der Waals surface area (Å²) in [6.45, 7) is 3.58. The highest BCUT2D eigenvalue weighted by Crippen LogP contribution is 2.23. The van der Waals surface area contributed by atoms with Crippen LogP contribution in [0.1, 0.15) is 13.8 Å². The Morgan fingerprint density at radius 1 is 0.944 bits per heavy atom. The number of allylic oxidation sites excluding steroid dienone is 2. The lowest BCUT2D eigenvalue weighted by atomic mass is 10.1. The van der Waals surface area contributed by atoms with Gasteiger partial charge in [0.2, 0.25) is 0 Å². The first kappa shape index (κ1) is 14.0. The Morgan fingerprint density at radius 2 is 1.28 bits per heavy atom. The number of nitrogens with zero attached hydrogens (tertiary/aromatic N) is 1. The predicted octanol–water partition coefficient (Wildman–Crippen LogP) is 1.38. The van der Waals surface area contributed by atoms with E-state index in [1.54, 1.807) is 37.9 Å². The highest BCUT2D eigenvalue weighted by atomic mass is 16.5. The molecule has 1 aliphatic rings. The summed E-state index contributed by atoms with van der Waals surface area (Å²) in [5.41, 5.74) is 2.26. The summed E-state index contributed by atoms with van der Waals surface area (Å²) in [6.07, 6.45) is 3.14. The fourth-order valence-electron chi connectivity index (χ4n) is 1.67. The number of ether oxygens (including phenoxy) is 2. The lowest BCUT2D eigenvalue weighted by Crippen LogP contribution is -2.19. The molecule has 0 fully saturated rings. The molecule has 1 rings (SSSR count). The zero-order valence-corrected chi connectivity index (χ0v) is 11.2. The van der Waals surface area contributed by atoms with Crippen molar-refractivity contribution in [2.75, 3.05) is 21.3 Å². The van der Waals surface area contributed by atoms with E-state index in [2.05, 4.69) is 0 Å². The first-order valence-corrected chi connectivity index (χ1v) is 5.44. The van der Waals surface area contributed by atoms with Crippen molar-refractivity contribution in [2.24, 2.45) is 0 Å². The van der Waals surface area contributed by atoms with E-state index in [9.17, 15) is 9.59 Å². The zero-order chi connectivity index (χ0) is 13.9. The fraction of sp³-hybridized carbons (Fsp3) is 0.385. The van der Waals surface area contributed by atoms with E-state index in [0.29, 0.717) is 11.1 Å². The third-order valence-corrected chi connectivity index (χ3v) is 3.01. The summed E-state index contributed by atoms with van der Waals surface area (Å²) >= 11 is 0. The molecule has 0 radical (unpaired) electrons. The predicted molar refractivity (Wildman–Crippen MR) is 66.3 cm³/mol. The van der Waals surface area contributed by atoms with Crippen LogP contribution in [0.3, 0.4) is 0 Å². The first-order valence-electron chi connectivity index (χ1n) is 5.44. The second-order valence-electron chi connectivity index (χ2n) is 3.87. The van der Waals surface area contributed by atoms with Crippen molar-refractivity contribution in [3.8, 4) is 0 Å². The number of methoxy groups -OCH3 is 2. The van der Waals surface area contributed by atoms with Crippen molar-refractivity contribution >= 4 is 11.9 Å². The van der Waals surface area contributed by atoms with Gasteiger partial charge >= 0.3 is 11.9 Å². The summed E-state index contributed by atoms with van der Waals surface area (Å²) in [5, 5.41) is 0. The summed E-state index contributed by atoms with van der Waals surface area (Å²) in [5.74, 6) is -0.871. The second kappa shape index (κ2) is 5.53. The normalized spacial score (nSPS) is 15.7. The van der Waals surface area contributed by atoms with Crippen molar-refractivity contribution in [1.82, 2.24) is 4.90 Å². The second-order valence-corrected chi connectivity index (χ2v) is 3.87. The Bertz CT molecular complexity index is 429. The minimum atomic E-state index is -0.436. The van der Waals surface area contributed by atoms with Crippen LogP contribution in [0, 0.1) is 0 Å². The third kappa shape index (κ3) is 2.45. The molecule has 0 unspecified atom stereocenters. The number of carbonyl (C=O) groups is 2. The maximum atomic E-state index is 11.6. The Morgan fingerprint density at radius 3 is 1.56 bits per heavy atom. The minimum Gasteiger partial charge on any atom is -0.465 e.